The molecule has 0 amide bonds. The van der Waals surface area contributed by atoms with Gasteiger partial charge >= 0.3 is 5.97 Å². The van der Waals surface area contributed by atoms with Crippen LogP contribution in [0.3, 0.4) is 0 Å². The zero-order valence-electron chi connectivity index (χ0n) is 10.7. The average molecular weight is 251 g/mol. The second-order valence-electron chi connectivity index (χ2n) is 4.34. The molecule has 98 valence electrons. The van der Waals surface area contributed by atoms with E-state index in [0.29, 0.717) is 6.42 Å². The fourth-order valence-electron chi connectivity index (χ4n) is 1.99. The van der Waals surface area contributed by atoms with E-state index in [0.717, 1.165) is 5.56 Å². The maximum absolute atomic E-state index is 11.7. The monoisotopic (exact) mass is 251 g/mol. The molecule has 1 N–H and O–H groups in total. The second kappa shape index (κ2) is 5.06. The van der Waals surface area contributed by atoms with Crippen LogP contribution < -0.4 is 5.48 Å². The topological polar surface area (TPSA) is 56.8 Å². The summed E-state index contributed by atoms with van der Waals surface area (Å²) in [6, 6.07) is 7.94. The summed E-state index contributed by atoms with van der Waals surface area (Å²) in [6.07, 6.45) is 0.374. The van der Waals surface area contributed by atoms with Crippen molar-refractivity contribution in [1.29, 1.82) is 0 Å². The van der Waals surface area contributed by atoms with Crippen LogP contribution in [0.25, 0.3) is 0 Å². The third-order valence-electron chi connectivity index (χ3n) is 3.14. The minimum atomic E-state index is -1.36. The van der Waals surface area contributed by atoms with Crippen LogP contribution in [-0.2, 0) is 19.1 Å². The molecule has 0 spiro atoms. The molecule has 5 heteroatoms. The number of nitrogens with one attached hydrogen (secondary N) is 1. The highest BCUT2D eigenvalue weighted by Crippen LogP contribution is 2.34. The van der Waals surface area contributed by atoms with Gasteiger partial charge < -0.3 is 9.47 Å². The van der Waals surface area contributed by atoms with Crippen LogP contribution in [0.2, 0.25) is 0 Å². The van der Waals surface area contributed by atoms with Crippen molar-refractivity contribution in [3.05, 3.63) is 35.4 Å². The van der Waals surface area contributed by atoms with E-state index in [9.17, 15) is 4.79 Å². The van der Waals surface area contributed by atoms with E-state index < -0.39 is 11.8 Å². The van der Waals surface area contributed by atoms with E-state index >= 15 is 0 Å². The van der Waals surface area contributed by atoms with Gasteiger partial charge in [0.1, 0.15) is 0 Å². The summed E-state index contributed by atoms with van der Waals surface area (Å²) in [5.74, 6) is -1.89. The average Bonchev–Trinajstić information content (AvgIpc) is 2.84. The van der Waals surface area contributed by atoms with Gasteiger partial charge in [-0.15, -0.1) is 0 Å². The number of hydrogen-bond donors (Lipinski definition) is 1. The lowest BCUT2D eigenvalue weighted by molar-refractivity contribution is -0.235. The number of esters is 1. The van der Waals surface area contributed by atoms with E-state index in [2.05, 4.69) is 5.48 Å². The van der Waals surface area contributed by atoms with Crippen molar-refractivity contribution in [2.75, 3.05) is 14.2 Å². The van der Waals surface area contributed by atoms with Crippen molar-refractivity contribution in [3.63, 3.8) is 0 Å². The number of benzene rings is 1. The van der Waals surface area contributed by atoms with Gasteiger partial charge in [0.2, 0.25) is 0 Å². The minimum Gasteiger partial charge on any atom is -0.465 e. The Balaban J connectivity index is 2.16. The highest BCUT2D eigenvalue weighted by atomic mass is 16.8. The number of carbonyl (C=O) groups is 1. The van der Waals surface area contributed by atoms with Crippen LogP contribution in [-0.4, -0.2) is 26.0 Å². The molecular weight excluding hydrogens is 234 g/mol. The minimum absolute atomic E-state index is 0.0929. The molecule has 1 aliphatic heterocycles. The first kappa shape index (κ1) is 13.0. The molecule has 0 aliphatic carbocycles. The lowest BCUT2D eigenvalue weighted by atomic mass is 9.99. The smallest absolute Gasteiger partial charge is 0.368 e. The first-order valence-corrected chi connectivity index (χ1v) is 5.75. The van der Waals surface area contributed by atoms with Gasteiger partial charge in [0.25, 0.3) is 5.79 Å². The van der Waals surface area contributed by atoms with Gasteiger partial charge in [0, 0.05) is 13.5 Å². The van der Waals surface area contributed by atoms with Crippen LogP contribution in [0.15, 0.2) is 24.3 Å². The van der Waals surface area contributed by atoms with Crippen molar-refractivity contribution in [3.8, 4) is 0 Å². The first-order valence-electron chi connectivity index (χ1n) is 5.75. The Kier molecular flexibility index (Phi) is 3.65. The van der Waals surface area contributed by atoms with Gasteiger partial charge in [-0.3, -0.25) is 4.84 Å². The summed E-state index contributed by atoms with van der Waals surface area (Å²) >= 11 is 0. The molecule has 1 fully saturated rings. The third-order valence-corrected chi connectivity index (χ3v) is 3.14. The molecule has 0 radical (unpaired) electrons. The van der Waals surface area contributed by atoms with Crippen LogP contribution in [0.5, 0.6) is 0 Å². The van der Waals surface area contributed by atoms with Gasteiger partial charge in [0.05, 0.1) is 13.2 Å². The maximum Gasteiger partial charge on any atom is 0.368 e. The van der Waals surface area contributed by atoms with Gasteiger partial charge in [-0.2, -0.15) is 5.48 Å². The highest BCUT2D eigenvalue weighted by Gasteiger charge is 2.49. The number of ether oxygens (including phenoxy) is 2. The van der Waals surface area contributed by atoms with E-state index in [1.165, 1.54) is 19.8 Å². The van der Waals surface area contributed by atoms with Crippen molar-refractivity contribution < 1.29 is 19.1 Å². The van der Waals surface area contributed by atoms with Gasteiger partial charge in [-0.05, 0) is 12.5 Å². The van der Waals surface area contributed by atoms with E-state index in [1.54, 1.807) is 0 Å². The van der Waals surface area contributed by atoms with Crippen LogP contribution in [0.1, 0.15) is 23.6 Å². The molecule has 0 bridgehead atoms. The SMILES string of the molecule is COC(=O)[C@@]1(OC)C[C@H](c2ccc(C)cc2)NO1. The Labute approximate surface area is 106 Å². The van der Waals surface area contributed by atoms with Crippen LogP contribution >= 0.6 is 0 Å². The van der Waals surface area contributed by atoms with Crippen molar-refractivity contribution in [2.24, 2.45) is 0 Å². The molecule has 0 aromatic heterocycles. The normalized spacial score (nSPS) is 27.2. The summed E-state index contributed by atoms with van der Waals surface area (Å²) in [6.45, 7) is 2.02. The molecule has 1 aliphatic rings. The van der Waals surface area contributed by atoms with Crippen molar-refractivity contribution in [1.82, 2.24) is 5.48 Å². The highest BCUT2D eigenvalue weighted by molar-refractivity contribution is 5.78. The first-order chi connectivity index (χ1) is 8.61. The lowest BCUT2D eigenvalue weighted by Crippen LogP contribution is -2.41. The predicted molar refractivity (Wildman–Crippen MR) is 64.5 cm³/mol. The fraction of sp³-hybridized carbons (Fsp3) is 0.462. The number of hydroxylamine groups is 1. The summed E-state index contributed by atoms with van der Waals surface area (Å²) in [7, 11) is 2.74. The number of aryl methyl sites for hydroxylation is 1. The second-order valence-corrected chi connectivity index (χ2v) is 4.34. The molecule has 18 heavy (non-hydrogen) atoms. The lowest BCUT2D eigenvalue weighted by Gasteiger charge is -2.21. The molecule has 2 rings (SSSR count). The predicted octanol–water partition coefficient (Wildman–Crippen LogP) is 1.48. The summed E-state index contributed by atoms with van der Waals surface area (Å²) in [5.41, 5.74) is 5.05. The molecule has 1 heterocycles. The Morgan fingerprint density at radius 3 is 2.61 bits per heavy atom. The Bertz CT molecular complexity index is 431. The molecule has 5 nitrogen and oxygen atoms in total. The van der Waals surface area contributed by atoms with Gasteiger partial charge in [-0.25, -0.2) is 4.79 Å². The van der Waals surface area contributed by atoms with Crippen LogP contribution in [0.4, 0.5) is 0 Å². The zero-order valence-corrected chi connectivity index (χ0v) is 10.7. The molecule has 0 unspecified atom stereocenters. The van der Waals surface area contributed by atoms with E-state index in [4.69, 9.17) is 14.3 Å². The molecule has 1 saturated heterocycles. The number of rotatable bonds is 3. The van der Waals surface area contributed by atoms with Crippen molar-refractivity contribution in [2.45, 2.75) is 25.2 Å². The standard InChI is InChI=1S/C13H17NO4/c1-9-4-6-10(7-5-9)11-8-13(17-3,18-14-11)12(15)16-2/h4-7,11,14H,8H2,1-3H3/t11-,13-/m1/s1. The van der Waals surface area contributed by atoms with Gasteiger partial charge in [-0.1, -0.05) is 29.8 Å². The zero-order chi connectivity index (χ0) is 13.2. The molecule has 0 saturated carbocycles. The molecule has 2 atom stereocenters. The van der Waals surface area contributed by atoms with E-state index in [-0.39, 0.29) is 6.04 Å². The summed E-state index contributed by atoms with van der Waals surface area (Å²) in [5, 5.41) is 0. The quantitative estimate of drug-likeness (QED) is 0.824. The van der Waals surface area contributed by atoms with Crippen LogP contribution in [0, 0.1) is 6.92 Å². The third kappa shape index (κ3) is 2.25. The van der Waals surface area contributed by atoms with E-state index in [1.807, 2.05) is 31.2 Å². The van der Waals surface area contributed by atoms with Gasteiger partial charge in [0.15, 0.2) is 0 Å². The molecule has 1 aromatic rings. The maximum atomic E-state index is 11.7. The number of hydrogen-bond acceptors (Lipinski definition) is 5. The van der Waals surface area contributed by atoms with Crippen molar-refractivity contribution >= 4 is 5.97 Å². The molecular formula is C13H17NO4. The Hall–Kier alpha value is -1.43. The Morgan fingerprint density at radius 1 is 1.39 bits per heavy atom. The number of methoxy groups -OCH3 is 2. The number of carbonyl (C=O) groups excluding carboxylic acids is 1. The summed E-state index contributed by atoms with van der Waals surface area (Å²) in [4.78, 5) is 17.0. The largest absolute Gasteiger partial charge is 0.465 e. The fourth-order valence-corrected chi connectivity index (χ4v) is 1.99. The molecule has 1 aromatic carbocycles. The summed E-state index contributed by atoms with van der Waals surface area (Å²) < 4.78 is 9.87. The Morgan fingerprint density at radius 2 is 2.06 bits per heavy atom.